The first-order valence-corrected chi connectivity index (χ1v) is 10.6. The maximum Gasteiger partial charge on any atom is 0.259 e. The second-order valence-corrected chi connectivity index (χ2v) is 7.85. The first-order chi connectivity index (χ1) is 15.1. The third kappa shape index (κ3) is 5.13. The Morgan fingerprint density at radius 1 is 1.16 bits per heavy atom. The van der Waals surface area contributed by atoms with Crippen molar-refractivity contribution in [1.29, 1.82) is 0 Å². The zero-order valence-electron chi connectivity index (χ0n) is 17.6. The van der Waals surface area contributed by atoms with E-state index in [0.29, 0.717) is 11.6 Å². The summed E-state index contributed by atoms with van der Waals surface area (Å²) >= 11 is 0. The number of piperidine rings is 1. The number of hydrogen-bond acceptors (Lipinski definition) is 5. The number of hydrogen-bond donors (Lipinski definition) is 2. The summed E-state index contributed by atoms with van der Waals surface area (Å²) in [5.74, 6) is 0.778. The minimum absolute atomic E-state index is 0.211. The smallest absolute Gasteiger partial charge is 0.259 e. The molecular formula is C24H28N4O3. The van der Waals surface area contributed by atoms with Crippen molar-refractivity contribution in [3.63, 3.8) is 0 Å². The summed E-state index contributed by atoms with van der Waals surface area (Å²) in [6.07, 6.45) is 2.93. The van der Waals surface area contributed by atoms with Gasteiger partial charge in [0.05, 0.1) is 12.2 Å². The zero-order valence-corrected chi connectivity index (χ0v) is 17.6. The number of benzene rings is 2. The molecule has 2 aromatic carbocycles. The van der Waals surface area contributed by atoms with Crippen molar-refractivity contribution in [2.24, 2.45) is 0 Å². The van der Waals surface area contributed by atoms with E-state index in [2.05, 4.69) is 15.3 Å². The predicted octanol–water partition coefficient (Wildman–Crippen LogP) is 3.75. The quantitative estimate of drug-likeness (QED) is 0.609. The number of phenolic OH excluding ortho intramolecular Hbond substituents is 1. The van der Waals surface area contributed by atoms with Crippen LogP contribution in [0.5, 0.6) is 5.75 Å². The SMILES string of the molecule is COC(C(=O)Nc1ccnn1C1CCN(Cc2cccc(O)c2)CC1)c1ccccc1. The number of methoxy groups -OCH3 is 1. The van der Waals surface area contributed by atoms with Gasteiger partial charge in [-0.2, -0.15) is 5.10 Å². The van der Waals surface area contributed by atoms with Crippen LogP contribution in [0, 0.1) is 0 Å². The molecule has 1 saturated heterocycles. The summed E-state index contributed by atoms with van der Waals surface area (Å²) in [6.45, 7) is 2.67. The minimum Gasteiger partial charge on any atom is -0.508 e. The Balaban J connectivity index is 1.37. The van der Waals surface area contributed by atoms with Crippen LogP contribution < -0.4 is 5.32 Å². The van der Waals surface area contributed by atoms with E-state index < -0.39 is 6.10 Å². The molecule has 7 nitrogen and oxygen atoms in total. The Labute approximate surface area is 182 Å². The fourth-order valence-corrected chi connectivity index (χ4v) is 4.15. The zero-order chi connectivity index (χ0) is 21.6. The number of rotatable bonds is 7. The van der Waals surface area contributed by atoms with Crippen molar-refractivity contribution in [1.82, 2.24) is 14.7 Å². The first kappa shape index (κ1) is 21.1. The number of aromatic nitrogens is 2. The van der Waals surface area contributed by atoms with E-state index in [1.54, 1.807) is 12.3 Å². The van der Waals surface area contributed by atoms with Gasteiger partial charge in [-0.15, -0.1) is 0 Å². The van der Waals surface area contributed by atoms with Crippen molar-refractivity contribution in [3.05, 3.63) is 78.0 Å². The summed E-state index contributed by atoms with van der Waals surface area (Å²) in [7, 11) is 1.54. The standard InChI is InChI=1S/C24H28N4O3/c1-31-23(19-7-3-2-4-8-19)24(30)26-22-10-13-25-28(22)20-11-14-27(15-12-20)17-18-6-5-9-21(29)16-18/h2-10,13,16,20,23,29H,11-12,14-15,17H2,1H3,(H,26,30). The molecule has 0 spiro atoms. The lowest BCUT2D eigenvalue weighted by Gasteiger charge is -2.32. The molecular weight excluding hydrogens is 392 g/mol. The normalized spacial score (nSPS) is 16.2. The molecule has 1 aliphatic rings. The largest absolute Gasteiger partial charge is 0.508 e. The lowest BCUT2D eigenvalue weighted by Crippen LogP contribution is -2.35. The molecule has 0 bridgehead atoms. The van der Waals surface area contributed by atoms with Crippen LogP contribution in [-0.4, -0.2) is 45.9 Å². The van der Waals surface area contributed by atoms with Crippen LogP contribution in [0.4, 0.5) is 5.82 Å². The van der Waals surface area contributed by atoms with Gasteiger partial charge in [-0.25, -0.2) is 4.68 Å². The van der Waals surface area contributed by atoms with E-state index in [9.17, 15) is 9.90 Å². The van der Waals surface area contributed by atoms with Crippen molar-refractivity contribution in [3.8, 4) is 5.75 Å². The number of amides is 1. The predicted molar refractivity (Wildman–Crippen MR) is 119 cm³/mol. The summed E-state index contributed by atoms with van der Waals surface area (Å²) < 4.78 is 7.36. The van der Waals surface area contributed by atoms with E-state index in [1.807, 2.05) is 59.3 Å². The highest BCUT2D eigenvalue weighted by atomic mass is 16.5. The van der Waals surface area contributed by atoms with Crippen LogP contribution in [0.25, 0.3) is 0 Å². The average molecular weight is 421 g/mol. The fraction of sp³-hybridized carbons (Fsp3) is 0.333. The third-order valence-corrected chi connectivity index (χ3v) is 5.72. The van der Waals surface area contributed by atoms with Gasteiger partial charge < -0.3 is 15.2 Å². The highest BCUT2D eigenvalue weighted by molar-refractivity contribution is 5.94. The van der Waals surface area contributed by atoms with Gasteiger partial charge in [-0.3, -0.25) is 9.69 Å². The van der Waals surface area contributed by atoms with Crippen molar-refractivity contribution in [2.75, 3.05) is 25.5 Å². The second-order valence-electron chi connectivity index (χ2n) is 7.85. The van der Waals surface area contributed by atoms with Crippen molar-refractivity contribution >= 4 is 11.7 Å². The number of aromatic hydroxyl groups is 1. The van der Waals surface area contributed by atoms with Gasteiger partial charge in [0, 0.05) is 32.8 Å². The van der Waals surface area contributed by atoms with Crippen molar-refractivity contribution in [2.45, 2.75) is 31.5 Å². The lowest BCUT2D eigenvalue weighted by atomic mass is 10.0. The van der Waals surface area contributed by atoms with Gasteiger partial charge in [-0.1, -0.05) is 42.5 Å². The van der Waals surface area contributed by atoms with Gasteiger partial charge in [0.1, 0.15) is 11.6 Å². The highest BCUT2D eigenvalue weighted by Crippen LogP contribution is 2.27. The van der Waals surface area contributed by atoms with E-state index in [1.165, 1.54) is 7.11 Å². The van der Waals surface area contributed by atoms with Crippen LogP contribution in [-0.2, 0) is 16.1 Å². The average Bonchev–Trinajstić information content (AvgIpc) is 3.23. The van der Waals surface area contributed by atoms with Gasteiger partial charge in [-0.05, 0) is 36.1 Å². The molecule has 162 valence electrons. The minimum atomic E-state index is -0.673. The Bertz CT molecular complexity index is 997. The Kier molecular flexibility index (Phi) is 6.64. The molecule has 2 N–H and O–H groups in total. The molecule has 1 aliphatic heterocycles. The van der Waals surface area contributed by atoms with Crippen LogP contribution >= 0.6 is 0 Å². The molecule has 4 rings (SSSR count). The highest BCUT2D eigenvalue weighted by Gasteiger charge is 2.25. The van der Waals surface area contributed by atoms with E-state index in [4.69, 9.17) is 4.74 Å². The van der Waals surface area contributed by atoms with Gasteiger partial charge in [0.15, 0.2) is 6.10 Å². The number of carbonyl (C=O) groups is 1. The molecule has 1 amide bonds. The monoisotopic (exact) mass is 420 g/mol. The fourth-order valence-electron chi connectivity index (χ4n) is 4.15. The summed E-state index contributed by atoms with van der Waals surface area (Å²) in [4.78, 5) is 15.2. The van der Waals surface area contributed by atoms with E-state index in [-0.39, 0.29) is 11.9 Å². The number of anilines is 1. The third-order valence-electron chi connectivity index (χ3n) is 5.72. The maximum atomic E-state index is 12.9. The Hall–Kier alpha value is -3.16. The van der Waals surface area contributed by atoms with Gasteiger partial charge in [0.2, 0.25) is 0 Å². The molecule has 1 fully saturated rings. The van der Waals surface area contributed by atoms with Crippen molar-refractivity contribution < 1.29 is 14.6 Å². The second kappa shape index (κ2) is 9.76. The molecule has 31 heavy (non-hydrogen) atoms. The number of likely N-dealkylation sites (tertiary alicyclic amines) is 1. The van der Waals surface area contributed by atoms with Crippen LogP contribution in [0.1, 0.15) is 36.1 Å². The Morgan fingerprint density at radius 3 is 2.65 bits per heavy atom. The molecule has 2 heterocycles. The molecule has 3 aromatic rings. The number of nitrogens with one attached hydrogen (secondary N) is 1. The lowest BCUT2D eigenvalue weighted by molar-refractivity contribution is -0.126. The maximum absolute atomic E-state index is 12.9. The molecule has 1 unspecified atom stereocenters. The first-order valence-electron chi connectivity index (χ1n) is 10.6. The number of nitrogens with zero attached hydrogens (tertiary/aromatic N) is 3. The molecule has 7 heteroatoms. The molecule has 0 radical (unpaired) electrons. The topological polar surface area (TPSA) is 79.6 Å². The Morgan fingerprint density at radius 2 is 1.94 bits per heavy atom. The summed E-state index contributed by atoms with van der Waals surface area (Å²) in [6, 6.07) is 18.9. The van der Waals surface area contributed by atoms with Gasteiger partial charge in [0.25, 0.3) is 5.91 Å². The van der Waals surface area contributed by atoms with E-state index in [0.717, 1.165) is 43.6 Å². The summed E-state index contributed by atoms with van der Waals surface area (Å²) in [5, 5.41) is 17.1. The number of phenols is 1. The van der Waals surface area contributed by atoms with Crippen LogP contribution in [0.3, 0.4) is 0 Å². The van der Waals surface area contributed by atoms with Crippen LogP contribution in [0.2, 0.25) is 0 Å². The van der Waals surface area contributed by atoms with Gasteiger partial charge >= 0.3 is 0 Å². The number of ether oxygens (including phenoxy) is 1. The molecule has 1 aromatic heterocycles. The van der Waals surface area contributed by atoms with E-state index >= 15 is 0 Å². The van der Waals surface area contributed by atoms with Crippen LogP contribution in [0.15, 0.2) is 66.9 Å². The molecule has 1 atom stereocenters. The molecule has 0 saturated carbocycles. The summed E-state index contributed by atoms with van der Waals surface area (Å²) in [5.41, 5.74) is 1.92. The number of carbonyl (C=O) groups excluding carboxylic acids is 1. The molecule has 0 aliphatic carbocycles.